The van der Waals surface area contributed by atoms with E-state index in [1.165, 1.54) is 11.8 Å². The van der Waals surface area contributed by atoms with Crippen LogP contribution in [-0.4, -0.2) is 26.0 Å². The van der Waals surface area contributed by atoms with Gasteiger partial charge in [0.05, 0.1) is 27.5 Å². The molecular formula is C19H16ClN5O2S. The Hall–Kier alpha value is -2.84. The van der Waals surface area contributed by atoms with Gasteiger partial charge < -0.3 is 14.8 Å². The third-order valence-electron chi connectivity index (χ3n) is 3.93. The molecule has 9 heteroatoms. The zero-order chi connectivity index (χ0) is 19.3. The van der Waals surface area contributed by atoms with Crippen molar-refractivity contribution in [3.8, 4) is 0 Å². The van der Waals surface area contributed by atoms with Crippen molar-refractivity contribution >= 4 is 46.0 Å². The quantitative estimate of drug-likeness (QED) is 0.434. The fraction of sp³-hybridized carbons (Fsp3) is 0.158. The molecule has 4 aromatic rings. The number of aryl methyl sites for hydroxylation is 1. The lowest BCUT2D eigenvalue weighted by molar-refractivity contribution is -0.116. The van der Waals surface area contributed by atoms with Crippen molar-refractivity contribution in [2.24, 2.45) is 0 Å². The average molecular weight is 414 g/mol. The maximum absolute atomic E-state index is 12.1. The highest BCUT2D eigenvalue weighted by molar-refractivity contribution is 7.98. The number of anilines is 1. The van der Waals surface area contributed by atoms with Crippen LogP contribution in [0.5, 0.6) is 0 Å². The van der Waals surface area contributed by atoms with Crippen LogP contribution in [0.15, 0.2) is 58.2 Å². The fourth-order valence-electron chi connectivity index (χ4n) is 2.58. The SMILES string of the molecule is O=C(CCc1nc(CSc2nc3ccccc3[nH]2)no1)Nc1ccccc1Cl. The third-order valence-corrected chi connectivity index (χ3v) is 5.13. The summed E-state index contributed by atoms with van der Waals surface area (Å²) >= 11 is 7.53. The second-order valence-corrected chi connectivity index (χ2v) is 7.35. The minimum atomic E-state index is -0.162. The van der Waals surface area contributed by atoms with Crippen LogP contribution in [-0.2, 0) is 17.0 Å². The Morgan fingerprint density at radius 1 is 1.14 bits per heavy atom. The van der Waals surface area contributed by atoms with Crippen LogP contribution in [0.3, 0.4) is 0 Å². The number of para-hydroxylation sites is 3. The number of benzene rings is 2. The predicted octanol–water partition coefficient (Wildman–Crippen LogP) is 4.46. The second-order valence-electron chi connectivity index (χ2n) is 5.98. The van der Waals surface area contributed by atoms with Gasteiger partial charge in [-0.15, -0.1) is 0 Å². The van der Waals surface area contributed by atoms with Crippen molar-refractivity contribution in [3.05, 3.63) is 65.3 Å². The molecule has 0 radical (unpaired) electrons. The Morgan fingerprint density at radius 2 is 1.96 bits per heavy atom. The highest BCUT2D eigenvalue weighted by Gasteiger charge is 2.12. The number of carbonyl (C=O) groups is 1. The molecule has 0 aliphatic heterocycles. The molecule has 0 fully saturated rings. The Bertz CT molecular complexity index is 1080. The number of carbonyl (C=O) groups excluding carboxylic acids is 1. The predicted molar refractivity (Wildman–Crippen MR) is 108 cm³/mol. The summed E-state index contributed by atoms with van der Waals surface area (Å²) in [5.74, 6) is 1.35. The highest BCUT2D eigenvalue weighted by Crippen LogP contribution is 2.22. The minimum Gasteiger partial charge on any atom is -0.339 e. The number of hydrogen-bond acceptors (Lipinski definition) is 6. The Labute approximate surface area is 169 Å². The maximum atomic E-state index is 12.1. The summed E-state index contributed by atoms with van der Waals surface area (Å²) in [6.07, 6.45) is 0.585. The number of hydrogen-bond donors (Lipinski definition) is 2. The number of imidazole rings is 1. The summed E-state index contributed by atoms with van der Waals surface area (Å²) in [4.78, 5) is 24.1. The van der Waals surface area contributed by atoms with Gasteiger partial charge in [-0.2, -0.15) is 4.98 Å². The Kier molecular flexibility index (Phi) is 5.59. The summed E-state index contributed by atoms with van der Waals surface area (Å²) < 4.78 is 5.23. The number of H-pyrrole nitrogens is 1. The molecule has 2 aromatic heterocycles. The van der Waals surface area contributed by atoms with Gasteiger partial charge in [0.25, 0.3) is 0 Å². The molecule has 0 spiro atoms. The van der Waals surface area contributed by atoms with Crippen LogP contribution in [0.4, 0.5) is 5.69 Å². The van der Waals surface area contributed by atoms with Crippen LogP contribution < -0.4 is 5.32 Å². The zero-order valence-electron chi connectivity index (χ0n) is 14.7. The van der Waals surface area contributed by atoms with Gasteiger partial charge in [0.2, 0.25) is 11.8 Å². The Morgan fingerprint density at radius 3 is 2.82 bits per heavy atom. The first-order valence-corrected chi connectivity index (χ1v) is 9.97. The summed E-state index contributed by atoms with van der Waals surface area (Å²) in [6, 6.07) is 14.9. The molecule has 0 unspecified atom stereocenters. The molecule has 0 aliphatic carbocycles. The van der Waals surface area contributed by atoms with E-state index in [2.05, 4.69) is 25.4 Å². The van der Waals surface area contributed by atoms with Gasteiger partial charge in [-0.05, 0) is 24.3 Å². The lowest BCUT2D eigenvalue weighted by atomic mass is 10.2. The van der Waals surface area contributed by atoms with Gasteiger partial charge in [-0.3, -0.25) is 4.79 Å². The van der Waals surface area contributed by atoms with E-state index < -0.39 is 0 Å². The monoisotopic (exact) mass is 413 g/mol. The van der Waals surface area contributed by atoms with E-state index in [9.17, 15) is 4.79 Å². The van der Waals surface area contributed by atoms with Crippen LogP contribution >= 0.6 is 23.4 Å². The molecular weight excluding hydrogens is 398 g/mol. The summed E-state index contributed by atoms with van der Waals surface area (Å²) in [5.41, 5.74) is 2.49. The first-order chi connectivity index (χ1) is 13.7. The van der Waals surface area contributed by atoms with Crippen molar-refractivity contribution in [1.29, 1.82) is 0 Å². The van der Waals surface area contributed by atoms with Crippen LogP contribution in [0, 0.1) is 0 Å². The van der Waals surface area contributed by atoms with Gasteiger partial charge in [0.1, 0.15) is 0 Å². The number of fused-ring (bicyclic) bond motifs is 1. The van der Waals surface area contributed by atoms with Crippen LogP contribution in [0.25, 0.3) is 11.0 Å². The van der Waals surface area contributed by atoms with E-state index in [4.69, 9.17) is 16.1 Å². The van der Waals surface area contributed by atoms with Crippen LogP contribution in [0.1, 0.15) is 18.1 Å². The normalized spacial score (nSPS) is 11.0. The number of nitrogens with one attached hydrogen (secondary N) is 2. The standard InChI is InChI=1S/C19H16ClN5O2S/c20-12-5-1-2-6-13(12)21-17(26)9-10-18-24-16(25-27-18)11-28-19-22-14-7-3-4-8-15(14)23-19/h1-8H,9-11H2,(H,21,26)(H,22,23). The van der Waals surface area contributed by atoms with Gasteiger partial charge >= 0.3 is 0 Å². The van der Waals surface area contributed by atoms with E-state index in [1.54, 1.807) is 18.2 Å². The lowest BCUT2D eigenvalue weighted by Gasteiger charge is -2.05. The number of amides is 1. The van der Waals surface area contributed by atoms with Crippen molar-refractivity contribution in [2.45, 2.75) is 23.8 Å². The average Bonchev–Trinajstić information content (AvgIpc) is 3.33. The molecule has 2 aromatic carbocycles. The molecule has 0 bridgehead atoms. The molecule has 142 valence electrons. The topological polar surface area (TPSA) is 96.7 Å². The second kappa shape index (κ2) is 8.45. The van der Waals surface area contributed by atoms with Crippen molar-refractivity contribution in [1.82, 2.24) is 20.1 Å². The van der Waals surface area contributed by atoms with E-state index in [1.807, 2.05) is 30.3 Å². The minimum absolute atomic E-state index is 0.162. The largest absolute Gasteiger partial charge is 0.339 e. The molecule has 7 nitrogen and oxygen atoms in total. The van der Waals surface area contributed by atoms with Gasteiger partial charge in [0.15, 0.2) is 11.0 Å². The van der Waals surface area contributed by atoms with Crippen molar-refractivity contribution < 1.29 is 9.32 Å². The molecule has 0 saturated carbocycles. The number of nitrogens with zero attached hydrogens (tertiary/aromatic N) is 3. The van der Waals surface area contributed by atoms with E-state index in [0.717, 1.165) is 16.2 Å². The van der Waals surface area contributed by atoms with E-state index >= 15 is 0 Å². The molecule has 2 N–H and O–H groups in total. The van der Waals surface area contributed by atoms with E-state index in [0.29, 0.717) is 34.6 Å². The van der Waals surface area contributed by atoms with Crippen molar-refractivity contribution in [2.75, 3.05) is 5.32 Å². The molecule has 1 amide bonds. The van der Waals surface area contributed by atoms with Gasteiger partial charge in [-0.25, -0.2) is 4.98 Å². The number of halogens is 1. The van der Waals surface area contributed by atoms with Crippen LogP contribution in [0.2, 0.25) is 5.02 Å². The highest BCUT2D eigenvalue weighted by atomic mass is 35.5. The van der Waals surface area contributed by atoms with Crippen molar-refractivity contribution in [3.63, 3.8) is 0 Å². The molecule has 28 heavy (non-hydrogen) atoms. The number of aromatic amines is 1. The van der Waals surface area contributed by atoms with Gasteiger partial charge in [-0.1, -0.05) is 52.8 Å². The number of rotatable bonds is 7. The first-order valence-electron chi connectivity index (χ1n) is 8.61. The summed E-state index contributed by atoms with van der Waals surface area (Å²) in [5, 5.41) is 8.03. The number of thioether (sulfide) groups is 1. The van der Waals surface area contributed by atoms with E-state index in [-0.39, 0.29) is 12.3 Å². The molecule has 2 heterocycles. The third kappa shape index (κ3) is 4.52. The lowest BCUT2D eigenvalue weighted by Crippen LogP contribution is -2.12. The summed E-state index contributed by atoms with van der Waals surface area (Å²) in [7, 11) is 0. The molecule has 0 aliphatic rings. The smallest absolute Gasteiger partial charge is 0.227 e. The van der Waals surface area contributed by atoms with Gasteiger partial charge in [0, 0.05) is 12.8 Å². The zero-order valence-corrected chi connectivity index (χ0v) is 16.3. The molecule has 0 saturated heterocycles. The molecule has 4 rings (SSSR count). The fourth-order valence-corrected chi connectivity index (χ4v) is 3.49. The Balaban J connectivity index is 1.28. The summed E-state index contributed by atoms with van der Waals surface area (Å²) in [6.45, 7) is 0. The molecule has 0 atom stereocenters. The number of aromatic nitrogens is 4. The maximum Gasteiger partial charge on any atom is 0.227 e. The first kappa shape index (κ1) is 18.5.